The summed E-state index contributed by atoms with van der Waals surface area (Å²) in [5.74, 6) is 6.17. The van der Waals surface area contributed by atoms with Crippen molar-refractivity contribution >= 4 is 151 Å². The van der Waals surface area contributed by atoms with Gasteiger partial charge < -0.3 is 29.4 Å². The van der Waals surface area contributed by atoms with Crippen molar-refractivity contribution in [1.29, 1.82) is 0 Å². The monoisotopic (exact) mass is 2360 g/mol. The molecule has 3 aliphatic heterocycles. The minimum absolute atomic E-state index is 0.514. The first-order valence-corrected chi connectivity index (χ1v) is 71.0. The van der Waals surface area contributed by atoms with E-state index in [1.54, 1.807) is 0 Å². The van der Waals surface area contributed by atoms with Gasteiger partial charge in [0.25, 0.3) is 0 Å². The van der Waals surface area contributed by atoms with E-state index >= 15 is 0 Å². The molecule has 3 saturated heterocycles. The van der Waals surface area contributed by atoms with Crippen LogP contribution in [-0.2, 0) is 33.6 Å². The van der Waals surface area contributed by atoms with E-state index in [9.17, 15) is 0 Å². The standard InChI is InChI=1S/3C27H39N2.3C9H11N.2BrH.2ClH.2HI.3Ru/c3*1-18(2)22-11-9-12-23(19(3)4)26(22)28-15-16-29(17-28)27-24(20(5)6)13-10-14-25(27)21(7)8;3*1-8-6-4-5-7-9(8)10(2)3;;;;;;;;;/h3*9-14,17-21H,15-16H2,1-8H3;3*1,4-7H,2-3H3;6*1H;;;/q3*-1;;;;;;;;;;3*+2/p-6. The predicted molar refractivity (Wildman–Crippen MR) is 580 cm³/mol. The van der Waals surface area contributed by atoms with Gasteiger partial charge in [-0.05, 0) is 138 Å². The zero-order chi connectivity index (χ0) is 93.4. The summed E-state index contributed by atoms with van der Waals surface area (Å²) < 4.78 is 6.63. The van der Waals surface area contributed by atoms with Gasteiger partial charge in [0, 0.05) is 73.4 Å². The summed E-state index contributed by atoms with van der Waals surface area (Å²) in [6, 6.07) is 66.1. The zero-order valence-corrected chi connectivity index (χ0v) is 95.5. The molecule has 9 aromatic carbocycles. The zero-order valence-electron chi connectivity index (χ0n) is 81.3. The Morgan fingerprint density at radius 1 is 0.262 bits per heavy atom. The summed E-state index contributed by atoms with van der Waals surface area (Å²) in [6.07, 6.45) is 0. The molecule has 0 unspecified atom stereocenters. The third-order valence-corrected chi connectivity index (χ3v) is 31.4. The topological polar surface area (TPSA) is 29.2 Å². The van der Waals surface area contributed by atoms with E-state index in [-0.39, 0.29) is 0 Å². The van der Waals surface area contributed by atoms with Crippen LogP contribution in [0.2, 0.25) is 0 Å². The fourth-order valence-electron chi connectivity index (χ4n) is 16.8. The van der Waals surface area contributed by atoms with E-state index in [1.807, 2.05) is 36.9 Å². The molecular formula is C108H150Br2Cl2I2N9Ru3-3. The number of nitrogens with zero attached hydrogens (tertiary/aromatic N) is 9. The van der Waals surface area contributed by atoms with E-state index in [1.165, 1.54) is 123 Å². The van der Waals surface area contributed by atoms with Gasteiger partial charge in [0.1, 0.15) is 0 Å². The molecule has 9 nitrogen and oxygen atoms in total. The maximum atomic E-state index is 5.82. The number of hydrogen-bond acceptors (Lipinski definition) is 9. The molecule has 0 bridgehead atoms. The summed E-state index contributed by atoms with van der Waals surface area (Å²) in [5, 5.41) is 0. The number of benzene rings is 9. The maximum absolute atomic E-state index is 5.82. The average Bonchev–Trinajstić information content (AvgIpc) is 1.61. The van der Waals surface area contributed by atoms with E-state index < -0.39 is 33.6 Å². The molecule has 0 atom stereocenters. The Morgan fingerprint density at radius 3 is 0.563 bits per heavy atom. The van der Waals surface area contributed by atoms with Crippen molar-refractivity contribution in [2.24, 2.45) is 0 Å². The molecule has 9 aromatic rings. The summed E-state index contributed by atoms with van der Waals surface area (Å²) in [6.45, 7) is 68.7. The van der Waals surface area contributed by atoms with Crippen molar-refractivity contribution in [2.75, 3.05) is 126 Å². The van der Waals surface area contributed by atoms with Gasteiger partial charge in [-0.1, -0.05) is 275 Å². The van der Waals surface area contributed by atoms with Gasteiger partial charge in [-0.3, -0.25) is 0 Å². The molecule has 0 N–H and O–H groups in total. The fraction of sp³-hybridized carbons (Fsp3) is 0.444. The Balaban J connectivity index is 0.000000215. The van der Waals surface area contributed by atoms with Gasteiger partial charge in [-0.25, -0.2) is 0 Å². The molecule has 0 amide bonds. The van der Waals surface area contributed by atoms with Crippen LogP contribution in [0.25, 0.3) is 0 Å². The number of halogens is 6. The van der Waals surface area contributed by atoms with Gasteiger partial charge in [-0.2, -0.15) is 20.0 Å². The second kappa shape index (κ2) is 52.4. The molecule has 0 spiro atoms. The van der Waals surface area contributed by atoms with Gasteiger partial charge in [0.15, 0.2) is 0 Å². The minimum atomic E-state index is -1.71. The number of para-hydroxylation sites is 9. The van der Waals surface area contributed by atoms with Crippen LogP contribution >= 0.6 is 86.1 Å². The first kappa shape index (κ1) is 109. The Morgan fingerprint density at radius 2 is 0.421 bits per heavy atom. The third-order valence-electron chi connectivity index (χ3n) is 23.2. The van der Waals surface area contributed by atoms with Crippen LogP contribution in [0.4, 0.5) is 51.2 Å². The van der Waals surface area contributed by atoms with Crippen molar-refractivity contribution in [3.63, 3.8) is 0 Å². The first-order valence-electron chi connectivity index (χ1n) is 45.2. The predicted octanol–water partition coefficient (Wildman–Crippen LogP) is 32.1. The Hall–Kier alpha value is -4.34. The average molecular weight is 2360 g/mol. The van der Waals surface area contributed by atoms with E-state index in [0.29, 0.717) is 71.0 Å². The molecule has 3 heterocycles. The molecule has 0 saturated carbocycles. The van der Waals surface area contributed by atoms with Gasteiger partial charge in [-0.15, -0.1) is 0 Å². The van der Waals surface area contributed by atoms with Crippen LogP contribution in [0.5, 0.6) is 0 Å². The second-order valence-electron chi connectivity index (χ2n) is 37.4. The molecule has 696 valence electrons. The van der Waals surface area contributed by atoms with E-state index in [2.05, 4.69) is 498 Å². The van der Waals surface area contributed by atoms with Crippen LogP contribution in [0.15, 0.2) is 182 Å². The van der Waals surface area contributed by atoms with Crippen LogP contribution in [0.1, 0.15) is 321 Å². The van der Waals surface area contributed by atoms with Crippen LogP contribution in [0, 0.1) is 20.0 Å². The third kappa shape index (κ3) is 30.3. The van der Waals surface area contributed by atoms with Crippen molar-refractivity contribution in [3.05, 3.63) is 285 Å². The van der Waals surface area contributed by atoms with Crippen molar-refractivity contribution in [1.82, 2.24) is 0 Å². The molecular weight excluding hydrogens is 2210 g/mol. The van der Waals surface area contributed by atoms with Crippen LogP contribution in [0.3, 0.4) is 0 Å². The SMILES string of the molecule is CC(C)c1cccc(C(C)C)c1N1[CH-]N(c2c(C(C)C)cccc2C(C)C)CC1.CC(C)c1cccc(C(C)C)c1N1[CH-]N(c2c(C(C)C)cccc2C(C)C)CC1.CC(C)c1cccc(C(C)C)c1N1[CH-]N(c2c(C(C)C)cccc2C(C)C)CC1.CN(C)c1ccccc1[CH]=[Ru]([Br])[Br].CN(C)c1ccccc1[CH]=[Ru]([Cl])[Cl].CN(C)c1ccccc1[CH]=[Ru]([I])[I]. The molecule has 0 radical (unpaired) electrons. The van der Waals surface area contributed by atoms with E-state index in [0.717, 1.165) is 50.5 Å². The second-order valence-corrected chi connectivity index (χ2v) is 76.1. The Bertz CT molecular complexity index is 4160. The van der Waals surface area contributed by atoms with Gasteiger partial charge >= 0.3 is 297 Å². The molecule has 126 heavy (non-hydrogen) atoms. The Kier molecular flexibility index (Phi) is 45.2. The molecule has 0 aromatic heterocycles. The first-order chi connectivity index (χ1) is 59.5. The van der Waals surface area contributed by atoms with Crippen LogP contribution in [-0.4, -0.2) is 95.4 Å². The Labute approximate surface area is 823 Å². The summed E-state index contributed by atoms with van der Waals surface area (Å²) in [5.41, 5.74) is 33.5. The molecule has 3 aliphatic rings. The van der Waals surface area contributed by atoms with Gasteiger partial charge in [0.2, 0.25) is 0 Å². The normalized spacial score (nSPS) is 13.7. The van der Waals surface area contributed by atoms with Crippen LogP contribution < -0.4 is 44.1 Å². The van der Waals surface area contributed by atoms with Gasteiger partial charge in [0.05, 0.1) is 0 Å². The number of hydrogen-bond donors (Lipinski definition) is 0. The number of anilines is 9. The fourth-order valence-corrected chi connectivity index (χ4v) is 25.1. The summed E-state index contributed by atoms with van der Waals surface area (Å²) >= 11 is 9.50. The van der Waals surface area contributed by atoms with E-state index in [4.69, 9.17) is 19.4 Å². The molecule has 0 aliphatic carbocycles. The van der Waals surface area contributed by atoms with Crippen molar-refractivity contribution in [2.45, 2.75) is 237 Å². The van der Waals surface area contributed by atoms with Crippen molar-refractivity contribution < 1.29 is 33.6 Å². The molecule has 12 rings (SSSR count). The quantitative estimate of drug-likeness (QED) is 0.0333. The summed E-state index contributed by atoms with van der Waals surface area (Å²) in [7, 11) is 23.2. The molecule has 3 fully saturated rings. The van der Waals surface area contributed by atoms with Crippen molar-refractivity contribution in [3.8, 4) is 0 Å². The molecule has 18 heteroatoms. The summed E-state index contributed by atoms with van der Waals surface area (Å²) in [4.78, 5) is 21.4. The number of rotatable bonds is 24.